The molecule has 0 aliphatic carbocycles. The first-order chi connectivity index (χ1) is 9.40. The largest absolute Gasteiger partial charge is 0.337 e. The van der Waals surface area contributed by atoms with Gasteiger partial charge in [0.05, 0.1) is 0 Å². The van der Waals surface area contributed by atoms with Crippen molar-refractivity contribution < 1.29 is 4.52 Å². The van der Waals surface area contributed by atoms with Crippen LogP contribution in [0.1, 0.15) is 17.3 Å². The second kappa shape index (κ2) is 5.43. The zero-order valence-corrected chi connectivity index (χ0v) is 10.3. The topological polar surface area (TPSA) is 69.6 Å². The molecule has 2 aromatic heterocycles. The van der Waals surface area contributed by atoms with Crippen LogP contribution >= 0.6 is 0 Å². The average Bonchev–Trinajstić information content (AvgIpc) is 3.10. The van der Waals surface area contributed by atoms with Gasteiger partial charge in [-0.3, -0.25) is 0 Å². The monoisotopic (exact) mass is 255 g/mol. The molecule has 0 unspecified atom stereocenters. The molecule has 3 rings (SSSR count). The van der Waals surface area contributed by atoms with Gasteiger partial charge in [0.15, 0.2) is 5.82 Å². The first-order valence-electron chi connectivity index (χ1n) is 6.08. The molecule has 96 valence electrons. The highest BCUT2D eigenvalue weighted by molar-refractivity contribution is 5.15. The Morgan fingerprint density at radius 3 is 2.79 bits per heavy atom. The summed E-state index contributed by atoms with van der Waals surface area (Å²) in [5, 5.41) is 7.96. The van der Waals surface area contributed by atoms with Gasteiger partial charge in [0, 0.05) is 6.42 Å². The molecule has 0 aliphatic heterocycles. The van der Waals surface area contributed by atoms with Crippen LogP contribution in [0.15, 0.2) is 47.5 Å². The predicted octanol–water partition coefficient (Wildman–Crippen LogP) is 1.49. The zero-order valence-electron chi connectivity index (χ0n) is 10.3. The van der Waals surface area contributed by atoms with Crippen molar-refractivity contribution in [2.24, 2.45) is 0 Å². The van der Waals surface area contributed by atoms with Gasteiger partial charge in [-0.25, -0.2) is 9.67 Å². The van der Waals surface area contributed by atoms with Crippen LogP contribution in [0.3, 0.4) is 0 Å². The molecule has 0 bridgehead atoms. The van der Waals surface area contributed by atoms with E-state index in [0.29, 0.717) is 12.4 Å². The molecule has 3 aromatic rings. The molecule has 0 aliphatic rings. The Hall–Kier alpha value is -2.50. The van der Waals surface area contributed by atoms with E-state index in [4.69, 9.17) is 4.52 Å². The smallest absolute Gasteiger partial charge is 0.248 e. The van der Waals surface area contributed by atoms with E-state index < -0.39 is 0 Å². The second-order valence-corrected chi connectivity index (χ2v) is 4.18. The standard InChI is InChI=1S/C13H13N5O/c1-2-4-11(5-3-1)6-7-12-16-13(19-17-12)8-18-10-14-9-15-18/h1-5,9-10H,6-8H2. The summed E-state index contributed by atoms with van der Waals surface area (Å²) < 4.78 is 6.82. The van der Waals surface area contributed by atoms with Crippen LogP contribution in [0, 0.1) is 0 Å². The summed E-state index contributed by atoms with van der Waals surface area (Å²) in [6.45, 7) is 0.457. The van der Waals surface area contributed by atoms with Gasteiger partial charge in [0.25, 0.3) is 0 Å². The van der Waals surface area contributed by atoms with E-state index in [1.54, 1.807) is 11.0 Å². The van der Waals surface area contributed by atoms with Crippen molar-refractivity contribution >= 4 is 0 Å². The minimum atomic E-state index is 0.457. The van der Waals surface area contributed by atoms with Crippen LogP contribution < -0.4 is 0 Å². The summed E-state index contributed by atoms with van der Waals surface area (Å²) in [5.41, 5.74) is 1.27. The number of hydrogen-bond acceptors (Lipinski definition) is 5. The van der Waals surface area contributed by atoms with Crippen molar-refractivity contribution in [1.29, 1.82) is 0 Å². The van der Waals surface area contributed by atoms with Gasteiger partial charge in [-0.15, -0.1) is 0 Å². The number of benzene rings is 1. The van der Waals surface area contributed by atoms with Crippen molar-refractivity contribution in [2.75, 3.05) is 0 Å². The molecule has 0 spiro atoms. The lowest BCUT2D eigenvalue weighted by molar-refractivity contribution is 0.361. The van der Waals surface area contributed by atoms with Crippen LogP contribution in [0.5, 0.6) is 0 Å². The molecule has 0 saturated heterocycles. The normalized spacial score (nSPS) is 10.7. The molecule has 2 heterocycles. The van der Waals surface area contributed by atoms with Crippen molar-refractivity contribution in [3.05, 3.63) is 60.3 Å². The van der Waals surface area contributed by atoms with Crippen LogP contribution in [-0.2, 0) is 19.4 Å². The molecule has 1 aromatic carbocycles. The third kappa shape index (κ3) is 3.04. The van der Waals surface area contributed by atoms with E-state index in [2.05, 4.69) is 32.4 Å². The summed E-state index contributed by atoms with van der Waals surface area (Å²) >= 11 is 0. The van der Waals surface area contributed by atoms with Crippen LogP contribution in [-0.4, -0.2) is 24.9 Å². The molecule has 0 atom stereocenters. The summed E-state index contributed by atoms with van der Waals surface area (Å²) in [6.07, 6.45) is 4.77. The van der Waals surface area contributed by atoms with Crippen molar-refractivity contribution in [1.82, 2.24) is 24.9 Å². The lowest BCUT2D eigenvalue weighted by atomic mass is 10.1. The zero-order chi connectivity index (χ0) is 12.9. The van der Waals surface area contributed by atoms with Crippen LogP contribution in [0.4, 0.5) is 0 Å². The van der Waals surface area contributed by atoms with Crippen LogP contribution in [0.2, 0.25) is 0 Å². The van der Waals surface area contributed by atoms with E-state index in [1.165, 1.54) is 11.9 Å². The number of aryl methyl sites for hydroxylation is 2. The fraction of sp³-hybridized carbons (Fsp3) is 0.231. The summed E-state index contributed by atoms with van der Waals surface area (Å²) in [4.78, 5) is 8.20. The van der Waals surface area contributed by atoms with Crippen LogP contribution in [0.25, 0.3) is 0 Å². The third-order valence-corrected chi connectivity index (χ3v) is 2.75. The van der Waals surface area contributed by atoms with E-state index in [1.807, 2.05) is 18.2 Å². The molecule has 0 amide bonds. The van der Waals surface area contributed by atoms with E-state index in [-0.39, 0.29) is 0 Å². The highest BCUT2D eigenvalue weighted by atomic mass is 16.5. The van der Waals surface area contributed by atoms with Crippen molar-refractivity contribution in [3.8, 4) is 0 Å². The number of aromatic nitrogens is 5. The number of rotatable bonds is 5. The maximum atomic E-state index is 5.18. The Balaban J connectivity index is 1.59. The van der Waals surface area contributed by atoms with Gasteiger partial charge in [0.1, 0.15) is 19.2 Å². The Morgan fingerprint density at radius 1 is 1.11 bits per heavy atom. The van der Waals surface area contributed by atoms with Gasteiger partial charge in [-0.1, -0.05) is 35.5 Å². The lowest BCUT2D eigenvalue weighted by Gasteiger charge is -1.96. The average molecular weight is 255 g/mol. The molecule has 0 radical (unpaired) electrons. The Morgan fingerprint density at radius 2 is 2.00 bits per heavy atom. The molecule has 19 heavy (non-hydrogen) atoms. The fourth-order valence-corrected chi connectivity index (χ4v) is 1.81. The lowest BCUT2D eigenvalue weighted by Crippen LogP contribution is -2.00. The minimum absolute atomic E-state index is 0.457. The van der Waals surface area contributed by atoms with E-state index in [0.717, 1.165) is 18.7 Å². The Labute approximate surface area is 110 Å². The van der Waals surface area contributed by atoms with Crippen molar-refractivity contribution in [3.63, 3.8) is 0 Å². The third-order valence-electron chi connectivity index (χ3n) is 2.75. The van der Waals surface area contributed by atoms with Gasteiger partial charge in [-0.05, 0) is 12.0 Å². The fourth-order valence-electron chi connectivity index (χ4n) is 1.81. The molecule has 6 heteroatoms. The van der Waals surface area contributed by atoms with Gasteiger partial charge in [-0.2, -0.15) is 10.1 Å². The predicted molar refractivity (Wildman–Crippen MR) is 67.3 cm³/mol. The second-order valence-electron chi connectivity index (χ2n) is 4.18. The number of nitrogens with zero attached hydrogens (tertiary/aromatic N) is 5. The summed E-state index contributed by atoms with van der Waals surface area (Å²) in [5.74, 6) is 1.27. The quantitative estimate of drug-likeness (QED) is 0.691. The van der Waals surface area contributed by atoms with E-state index >= 15 is 0 Å². The maximum absolute atomic E-state index is 5.18. The SMILES string of the molecule is c1ccc(CCc2noc(Cn3cncn3)n2)cc1. The molecule has 0 N–H and O–H groups in total. The molecule has 6 nitrogen and oxygen atoms in total. The molecular weight excluding hydrogens is 242 g/mol. The molecule has 0 fully saturated rings. The summed E-state index contributed by atoms with van der Waals surface area (Å²) in [6, 6.07) is 10.3. The Bertz CT molecular complexity index is 618. The van der Waals surface area contributed by atoms with Gasteiger partial charge < -0.3 is 4.52 Å². The van der Waals surface area contributed by atoms with Gasteiger partial charge >= 0.3 is 0 Å². The van der Waals surface area contributed by atoms with Crippen molar-refractivity contribution in [2.45, 2.75) is 19.4 Å². The molecular formula is C13H13N5O. The molecule has 0 saturated carbocycles. The summed E-state index contributed by atoms with van der Waals surface area (Å²) in [7, 11) is 0. The van der Waals surface area contributed by atoms with E-state index in [9.17, 15) is 0 Å². The maximum Gasteiger partial charge on any atom is 0.248 e. The first kappa shape index (κ1) is 11.6. The number of hydrogen-bond donors (Lipinski definition) is 0. The minimum Gasteiger partial charge on any atom is -0.337 e. The highest BCUT2D eigenvalue weighted by Crippen LogP contribution is 2.05. The first-order valence-corrected chi connectivity index (χ1v) is 6.08. The highest BCUT2D eigenvalue weighted by Gasteiger charge is 2.07. The Kier molecular flexibility index (Phi) is 3.31. The van der Waals surface area contributed by atoms with Gasteiger partial charge in [0.2, 0.25) is 5.89 Å².